The Hall–Kier alpha value is -1.21. The molecule has 1 fully saturated rings. The van der Waals surface area contributed by atoms with Crippen LogP contribution in [0.1, 0.15) is 51.8 Å². The lowest BCUT2D eigenvalue weighted by Crippen LogP contribution is -2.45. The summed E-state index contributed by atoms with van der Waals surface area (Å²) in [7, 11) is 0. The predicted octanol–water partition coefficient (Wildman–Crippen LogP) is 2.74. The Morgan fingerprint density at radius 2 is 2.20 bits per heavy atom. The smallest absolute Gasteiger partial charge is 0.321 e. The van der Waals surface area contributed by atoms with Crippen LogP contribution in [0.2, 0.25) is 0 Å². The third-order valence-corrected chi connectivity index (χ3v) is 3.95. The van der Waals surface area contributed by atoms with E-state index >= 15 is 0 Å². The fourth-order valence-electron chi connectivity index (χ4n) is 2.11. The van der Waals surface area contributed by atoms with E-state index in [1.165, 1.54) is 11.5 Å². The summed E-state index contributed by atoms with van der Waals surface area (Å²) in [6.45, 7) is 6.80. The molecule has 2 atom stereocenters. The number of rotatable bonds is 4. The zero-order valence-corrected chi connectivity index (χ0v) is 13.0. The van der Waals surface area contributed by atoms with E-state index in [9.17, 15) is 4.79 Å². The highest BCUT2D eigenvalue weighted by Gasteiger charge is 2.22. The molecule has 0 saturated carbocycles. The van der Waals surface area contributed by atoms with Gasteiger partial charge in [0.05, 0.1) is 12.1 Å². The minimum atomic E-state index is -0.252. The highest BCUT2D eigenvalue weighted by atomic mass is 32.1. The number of hydrogen-bond donors (Lipinski definition) is 2. The van der Waals surface area contributed by atoms with Gasteiger partial charge in [-0.05, 0) is 26.2 Å². The fraction of sp³-hybridized carbons (Fsp3) is 0.769. The first-order valence-electron chi connectivity index (χ1n) is 7.09. The van der Waals surface area contributed by atoms with Crippen LogP contribution < -0.4 is 10.6 Å². The SMILES string of the molecule is CC(C)c1nsc(NC(=O)NC(C)C2CCCCO2)n1. The van der Waals surface area contributed by atoms with Crippen LogP contribution in [0.5, 0.6) is 0 Å². The molecule has 0 bridgehead atoms. The summed E-state index contributed by atoms with van der Waals surface area (Å²) < 4.78 is 9.86. The Bertz CT molecular complexity index is 443. The Labute approximate surface area is 123 Å². The Morgan fingerprint density at radius 1 is 1.40 bits per heavy atom. The molecule has 6 nitrogen and oxygen atoms in total. The maximum atomic E-state index is 11.9. The average molecular weight is 298 g/mol. The third-order valence-electron chi connectivity index (χ3n) is 3.31. The Balaban J connectivity index is 1.81. The van der Waals surface area contributed by atoms with Gasteiger partial charge in [-0.15, -0.1) is 0 Å². The quantitative estimate of drug-likeness (QED) is 0.896. The lowest BCUT2D eigenvalue weighted by Gasteiger charge is -2.28. The highest BCUT2D eigenvalue weighted by Crippen LogP contribution is 2.18. The van der Waals surface area contributed by atoms with Crippen molar-refractivity contribution in [3.8, 4) is 0 Å². The Morgan fingerprint density at radius 3 is 2.80 bits per heavy atom. The van der Waals surface area contributed by atoms with Crippen molar-refractivity contribution in [2.24, 2.45) is 0 Å². The van der Waals surface area contributed by atoms with Gasteiger partial charge in [-0.2, -0.15) is 4.37 Å². The number of carbonyl (C=O) groups is 1. The summed E-state index contributed by atoms with van der Waals surface area (Å²) in [4.78, 5) is 16.2. The number of nitrogens with zero attached hydrogens (tertiary/aromatic N) is 2. The number of nitrogens with one attached hydrogen (secondary N) is 2. The summed E-state index contributed by atoms with van der Waals surface area (Å²) in [5.41, 5.74) is 0. The molecule has 1 aliphatic heterocycles. The van der Waals surface area contributed by atoms with E-state index < -0.39 is 0 Å². The summed E-state index contributed by atoms with van der Waals surface area (Å²) >= 11 is 1.20. The number of aromatic nitrogens is 2. The van der Waals surface area contributed by atoms with Crippen LogP contribution in [0, 0.1) is 0 Å². The zero-order valence-electron chi connectivity index (χ0n) is 12.2. The summed E-state index contributed by atoms with van der Waals surface area (Å²) in [6, 6.07) is -0.258. The number of ether oxygens (including phenoxy) is 1. The topological polar surface area (TPSA) is 76.1 Å². The van der Waals surface area contributed by atoms with Crippen LogP contribution in [-0.2, 0) is 4.74 Å². The molecule has 7 heteroatoms. The molecule has 112 valence electrons. The molecular formula is C13H22N4O2S. The van der Waals surface area contributed by atoms with Crippen molar-refractivity contribution in [1.82, 2.24) is 14.7 Å². The molecule has 2 heterocycles. The van der Waals surface area contributed by atoms with Gasteiger partial charge in [0, 0.05) is 24.1 Å². The van der Waals surface area contributed by atoms with E-state index in [-0.39, 0.29) is 24.1 Å². The standard InChI is InChI=1S/C13H22N4O2S/c1-8(2)11-15-13(20-17-11)16-12(18)14-9(3)10-6-4-5-7-19-10/h8-10H,4-7H2,1-3H3,(H2,14,15,16,17,18). The number of hydrogen-bond acceptors (Lipinski definition) is 5. The molecule has 2 N–H and O–H groups in total. The predicted molar refractivity (Wildman–Crippen MR) is 79.2 cm³/mol. The molecule has 2 unspecified atom stereocenters. The van der Waals surface area contributed by atoms with Gasteiger partial charge in [-0.25, -0.2) is 9.78 Å². The van der Waals surface area contributed by atoms with Crippen LogP contribution >= 0.6 is 11.5 Å². The van der Waals surface area contributed by atoms with Gasteiger partial charge >= 0.3 is 6.03 Å². The molecule has 0 aromatic carbocycles. The van der Waals surface area contributed by atoms with Crippen LogP contribution in [0.25, 0.3) is 0 Å². The second kappa shape index (κ2) is 6.99. The molecule has 1 saturated heterocycles. The first kappa shape index (κ1) is 15.2. The molecule has 0 aliphatic carbocycles. The highest BCUT2D eigenvalue weighted by molar-refractivity contribution is 7.09. The number of anilines is 1. The molecule has 0 spiro atoms. The minimum absolute atomic E-state index is 0.00668. The van der Waals surface area contributed by atoms with Crippen LogP contribution in [0.3, 0.4) is 0 Å². The van der Waals surface area contributed by atoms with Crippen LogP contribution in [0.4, 0.5) is 9.93 Å². The van der Waals surface area contributed by atoms with E-state index in [1.807, 2.05) is 20.8 Å². The van der Waals surface area contributed by atoms with E-state index in [4.69, 9.17) is 4.74 Å². The van der Waals surface area contributed by atoms with E-state index in [0.29, 0.717) is 5.13 Å². The van der Waals surface area contributed by atoms with Crippen molar-refractivity contribution in [3.05, 3.63) is 5.82 Å². The summed E-state index contributed by atoms with van der Waals surface area (Å²) in [6.07, 6.45) is 3.37. The number of amides is 2. The lowest BCUT2D eigenvalue weighted by molar-refractivity contribution is -0.00101. The molecule has 2 rings (SSSR count). The maximum Gasteiger partial charge on any atom is 0.321 e. The zero-order chi connectivity index (χ0) is 14.5. The largest absolute Gasteiger partial charge is 0.376 e. The van der Waals surface area contributed by atoms with Crippen molar-refractivity contribution in [2.45, 2.75) is 58.1 Å². The molecule has 20 heavy (non-hydrogen) atoms. The lowest BCUT2D eigenvalue weighted by atomic mass is 10.0. The number of carbonyl (C=O) groups excluding carboxylic acids is 1. The monoisotopic (exact) mass is 298 g/mol. The molecule has 1 aromatic rings. The van der Waals surface area contributed by atoms with Gasteiger partial charge in [-0.1, -0.05) is 13.8 Å². The molecule has 1 aliphatic rings. The Kier molecular flexibility index (Phi) is 5.31. The van der Waals surface area contributed by atoms with Crippen molar-refractivity contribution in [3.63, 3.8) is 0 Å². The second-order valence-corrected chi connectivity index (χ2v) is 6.16. The molecule has 1 aromatic heterocycles. The molecular weight excluding hydrogens is 276 g/mol. The van der Waals surface area contributed by atoms with Gasteiger partial charge < -0.3 is 10.1 Å². The maximum absolute atomic E-state index is 11.9. The van der Waals surface area contributed by atoms with Gasteiger partial charge in [0.15, 0.2) is 0 Å². The van der Waals surface area contributed by atoms with E-state index in [1.54, 1.807) is 0 Å². The summed E-state index contributed by atoms with van der Waals surface area (Å²) in [5, 5.41) is 6.16. The van der Waals surface area contributed by atoms with Gasteiger partial charge in [-0.3, -0.25) is 5.32 Å². The van der Waals surface area contributed by atoms with Gasteiger partial charge in [0.1, 0.15) is 5.82 Å². The van der Waals surface area contributed by atoms with Crippen LogP contribution in [0.15, 0.2) is 0 Å². The van der Waals surface area contributed by atoms with E-state index in [2.05, 4.69) is 20.0 Å². The summed E-state index contributed by atoms with van der Waals surface area (Å²) in [5.74, 6) is 1.02. The third kappa shape index (κ3) is 4.14. The molecule has 2 amide bonds. The first-order valence-corrected chi connectivity index (χ1v) is 7.86. The van der Waals surface area contributed by atoms with Crippen molar-refractivity contribution in [2.75, 3.05) is 11.9 Å². The van der Waals surface area contributed by atoms with Gasteiger partial charge in [0.2, 0.25) is 5.13 Å². The number of urea groups is 1. The minimum Gasteiger partial charge on any atom is -0.376 e. The van der Waals surface area contributed by atoms with Crippen molar-refractivity contribution in [1.29, 1.82) is 0 Å². The second-order valence-electron chi connectivity index (χ2n) is 5.40. The first-order chi connectivity index (χ1) is 9.56. The average Bonchev–Trinajstić information content (AvgIpc) is 2.88. The van der Waals surface area contributed by atoms with Gasteiger partial charge in [0.25, 0.3) is 0 Å². The molecule has 0 radical (unpaired) electrons. The normalized spacial score (nSPS) is 20.7. The van der Waals surface area contributed by atoms with Crippen molar-refractivity contribution >= 4 is 22.7 Å². The van der Waals surface area contributed by atoms with Crippen molar-refractivity contribution < 1.29 is 9.53 Å². The van der Waals surface area contributed by atoms with Crippen LogP contribution in [-0.4, -0.2) is 34.1 Å². The van der Waals surface area contributed by atoms with E-state index in [0.717, 1.165) is 31.7 Å². The fourth-order valence-corrected chi connectivity index (χ4v) is 2.82.